The van der Waals surface area contributed by atoms with Crippen LogP contribution >= 0.6 is 0 Å². The Morgan fingerprint density at radius 1 is 1.14 bits per heavy atom. The highest BCUT2D eigenvalue weighted by Crippen LogP contribution is 2.41. The number of ether oxygens (including phenoxy) is 2. The van der Waals surface area contributed by atoms with Gasteiger partial charge in [0.2, 0.25) is 5.95 Å². The normalized spacial score (nSPS) is 16.1. The summed E-state index contributed by atoms with van der Waals surface area (Å²) in [7, 11) is 0. The molecule has 152 valence electrons. The molecule has 2 aromatic heterocycles. The number of nitrogens with zero attached hydrogens (tertiary/aromatic N) is 2. The van der Waals surface area contributed by atoms with Gasteiger partial charge in [-0.15, -0.1) is 0 Å². The van der Waals surface area contributed by atoms with Crippen molar-refractivity contribution in [2.45, 2.75) is 19.0 Å². The molecule has 3 aromatic rings. The molecule has 0 unspecified atom stereocenters. The Labute approximate surface area is 163 Å². The van der Waals surface area contributed by atoms with Crippen molar-refractivity contribution in [1.82, 2.24) is 15.0 Å². The van der Waals surface area contributed by atoms with Crippen molar-refractivity contribution < 1.29 is 22.6 Å². The average Bonchev–Trinajstić information content (AvgIpc) is 3.42. The van der Waals surface area contributed by atoms with E-state index in [1.165, 1.54) is 0 Å². The molecule has 5 rings (SSSR count). The van der Waals surface area contributed by atoms with Gasteiger partial charge in [-0.25, -0.2) is 0 Å². The van der Waals surface area contributed by atoms with Crippen LogP contribution in [0.1, 0.15) is 18.4 Å². The first-order valence-corrected chi connectivity index (χ1v) is 9.35. The van der Waals surface area contributed by atoms with Crippen molar-refractivity contribution in [3.8, 4) is 11.5 Å². The minimum absolute atomic E-state index is 0.0571. The van der Waals surface area contributed by atoms with Crippen molar-refractivity contribution in [2.24, 2.45) is 5.92 Å². The quantitative estimate of drug-likeness (QED) is 0.587. The largest absolute Gasteiger partial charge is 0.486 e. The Bertz CT molecular complexity index is 1060. The minimum atomic E-state index is -4.50. The molecule has 0 radical (unpaired) electrons. The number of alkyl halides is 3. The zero-order valence-corrected chi connectivity index (χ0v) is 15.3. The molecule has 0 atom stereocenters. The second-order valence-electron chi connectivity index (χ2n) is 7.10. The SMILES string of the molecule is FC(F)(F)c1c[nH]c2nc(Nc3cccc4c3OCCO4)nc(NCC3CC3)c12. The lowest BCUT2D eigenvalue weighted by atomic mass is 10.2. The maximum Gasteiger partial charge on any atom is 0.418 e. The summed E-state index contributed by atoms with van der Waals surface area (Å²) in [4.78, 5) is 11.2. The monoisotopic (exact) mass is 405 g/mol. The van der Waals surface area contributed by atoms with E-state index in [1.54, 1.807) is 18.2 Å². The number of benzene rings is 1. The molecule has 0 saturated heterocycles. The number of aromatic nitrogens is 3. The van der Waals surface area contributed by atoms with Gasteiger partial charge in [-0.05, 0) is 30.9 Å². The Balaban J connectivity index is 1.54. The molecule has 3 N–H and O–H groups in total. The smallest absolute Gasteiger partial charge is 0.418 e. The van der Waals surface area contributed by atoms with Gasteiger partial charge in [0.25, 0.3) is 0 Å². The lowest BCUT2D eigenvalue weighted by Crippen LogP contribution is -2.16. The molecule has 1 aromatic carbocycles. The van der Waals surface area contributed by atoms with E-state index in [2.05, 4.69) is 25.6 Å². The van der Waals surface area contributed by atoms with E-state index in [0.29, 0.717) is 42.9 Å². The molecule has 29 heavy (non-hydrogen) atoms. The van der Waals surface area contributed by atoms with Crippen LogP contribution in [0.3, 0.4) is 0 Å². The number of rotatable bonds is 5. The standard InChI is InChI=1S/C19H18F3N5O2/c20-19(21,22)11-9-24-17-14(11)16(23-8-10-4-5-10)26-18(27-17)25-12-2-1-3-13-15(12)29-7-6-28-13/h1-3,9-10H,4-8H2,(H3,23,24,25,26,27). The van der Waals surface area contributed by atoms with Crippen LogP contribution < -0.4 is 20.1 Å². The first kappa shape index (κ1) is 17.9. The minimum Gasteiger partial charge on any atom is -0.486 e. The van der Waals surface area contributed by atoms with Crippen LogP contribution in [0.15, 0.2) is 24.4 Å². The van der Waals surface area contributed by atoms with Crippen LogP contribution in [-0.4, -0.2) is 34.7 Å². The molecule has 1 fully saturated rings. The highest BCUT2D eigenvalue weighted by atomic mass is 19.4. The molecule has 1 aliphatic carbocycles. The third-order valence-corrected chi connectivity index (χ3v) is 4.90. The summed E-state index contributed by atoms with van der Waals surface area (Å²) >= 11 is 0. The van der Waals surface area contributed by atoms with Crippen molar-refractivity contribution >= 4 is 28.5 Å². The van der Waals surface area contributed by atoms with Gasteiger partial charge in [-0.2, -0.15) is 23.1 Å². The molecule has 10 heteroatoms. The lowest BCUT2D eigenvalue weighted by Gasteiger charge is -2.21. The van der Waals surface area contributed by atoms with Gasteiger partial charge in [0.1, 0.15) is 24.7 Å². The molecular weight excluding hydrogens is 387 g/mol. The molecule has 2 aliphatic rings. The van der Waals surface area contributed by atoms with Crippen LogP contribution in [0, 0.1) is 5.92 Å². The first-order chi connectivity index (χ1) is 14.0. The summed E-state index contributed by atoms with van der Waals surface area (Å²) in [6, 6.07) is 5.35. The van der Waals surface area contributed by atoms with E-state index in [9.17, 15) is 13.2 Å². The third kappa shape index (κ3) is 3.50. The maximum atomic E-state index is 13.4. The predicted octanol–water partition coefficient (Wildman–Crippen LogP) is 4.31. The molecule has 3 heterocycles. The van der Waals surface area contributed by atoms with E-state index < -0.39 is 11.7 Å². The lowest BCUT2D eigenvalue weighted by molar-refractivity contribution is -0.136. The highest BCUT2D eigenvalue weighted by molar-refractivity contribution is 5.92. The van der Waals surface area contributed by atoms with E-state index in [4.69, 9.17) is 9.47 Å². The Kier molecular flexibility index (Phi) is 4.14. The molecule has 0 spiro atoms. The van der Waals surface area contributed by atoms with Crippen LogP contribution in [0.25, 0.3) is 11.0 Å². The summed E-state index contributed by atoms with van der Waals surface area (Å²) in [5.74, 6) is 1.90. The molecule has 1 aliphatic heterocycles. The second kappa shape index (κ2) is 6.71. The van der Waals surface area contributed by atoms with Gasteiger partial charge in [0.05, 0.1) is 16.6 Å². The summed E-state index contributed by atoms with van der Waals surface area (Å²) < 4.78 is 51.5. The van der Waals surface area contributed by atoms with Crippen molar-refractivity contribution in [2.75, 3.05) is 30.4 Å². The van der Waals surface area contributed by atoms with Gasteiger partial charge in [-0.3, -0.25) is 0 Å². The Morgan fingerprint density at radius 3 is 2.76 bits per heavy atom. The van der Waals surface area contributed by atoms with Gasteiger partial charge < -0.3 is 25.1 Å². The third-order valence-electron chi connectivity index (χ3n) is 4.90. The van der Waals surface area contributed by atoms with Gasteiger partial charge >= 0.3 is 6.18 Å². The number of hydrogen-bond donors (Lipinski definition) is 3. The number of halogens is 3. The molecular formula is C19H18F3N5O2. The van der Waals surface area contributed by atoms with E-state index in [1.807, 2.05) is 0 Å². The number of hydrogen-bond acceptors (Lipinski definition) is 6. The fraction of sp³-hybridized carbons (Fsp3) is 0.368. The second-order valence-corrected chi connectivity index (χ2v) is 7.10. The first-order valence-electron chi connectivity index (χ1n) is 9.35. The van der Waals surface area contributed by atoms with E-state index in [-0.39, 0.29) is 22.8 Å². The summed E-state index contributed by atoms with van der Waals surface area (Å²) in [6.45, 7) is 1.44. The van der Waals surface area contributed by atoms with Crippen molar-refractivity contribution in [3.05, 3.63) is 30.0 Å². The van der Waals surface area contributed by atoms with E-state index in [0.717, 1.165) is 19.0 Å². The van der Waals surface area contributed by atoms with Gasteiger partial charge in [-0.1, -0.05) is 6.07 Å². The number of anilines is 3. The zero-order valence-electron chi connectivity index (χ0n) is 15.3. The number of H-pyrrole nitrogens is 1. The van der Waals surface area contributed by atoms with Crippen LogP contribution in [-0.2, 0) is 6.18 Å². The van der Waals surface area contributed by atoms with Crippen LogP contribution in [0.4, 0.5) is 30.6 Å². The molecule has 1 saturated carbocycles. The zero-order chi connectivity index (χ0) is 20.0. The predicted molar refractivity (Wildman–Crippen MR) is 101 cm³/mol. The Morgan fingerprint density at radius 2 is 1.97 bits per heavy atom. The fourth-order valence-electron chi connectivity index (χ4n) is 3.30. The van der Waals surface area contributed by atoms with Gasteiger partial charge in [0, 0.05) is 12.7 Å². The van der Waals surface area contributed by atoms with E-state index >= 15 is 0 Å². The topological polar surface area (TPSA) is 84.1 Å². The number of nitrogens with one attached hydrogen (secondary N) is 3. The Hall–Kier alpha value is -3.17. The summed E-state index contributed by atoms with van der Waals surface area (Å²) in [5, 5.41) is 6.06. The molecule has 7 nitrogen and oxygen atoms in total. The number of fused-ring (bicyclic) bond motifs is 2. The van der Waals surface area contributed by atoms with Crippen molar-refractivity contribution in [1.29, 1.82) is 0 Å². The van der Waals surface area contributed by atoms with Crippen LogP contribution in [0.5, 0.6) is 11.5 Å². The fourth-order valence-corrected chi connectivity index (χ4v) is 3.30. The molecule has 0 amide bonds. The highest BCUT2D eigenvalue weighted by Gasteiger charge is 2.36. The number of aromatic amines is 1. The van der Waals surface area contributed by atoms with Gasteiger partial charge in [0.15, 0.2) is 11.5 Å². The summed E-state index contributed by atoms with van der Waals surface area (Å²) in [6.07, 6.45) is -1.44. The van der Waals surface area contributed by atoms with Crippen molar-refractivity contribution in [3.63, 3.8) is 0 Å². The maximum absolute atomic E-state index is 13.4. The summed E-state index contributed by atoms with van der Waals surface area (Å²) in [5.41, 5.74) is -0.0986. The number of para-hydroxylation sites is 1. The molecule has 0 bridgehead atoms. The van der Waals surface area contributed by atoms with Crippen LogP contribution in [0.2, 0.25) is 0 Å². The average molecular weight is 405 g/mol.